The average Bonchev–Trinajstić information content (AvgIpc) is 2.53. The minimum absolute atomic E-state index is 0. The second kappa shape index (κ2) is 7.24. The van der Waals surface area contributed by atoms with Gasteiger partial charge < -0.3 is 24.8 Å². The summed E-state index contributed by atoms with van der Waals surface area (Å²) in [5, 5.41) is 0. The predicted molar refractivity (Wildman–Crippen MR) is 47.4 cm³/mol. The van der Waals surface area contributed by atoms with E-state index < -0.39 is 0 Å². The van der Waals surface area contributed by atoms with Crippen molar-refractivity contribution in [2.75, 3.05) is 0 Å². The van der Waals surface area contributed by atoms with Gasteiger partial charge in [-0.3, -0.25) is 0 Å². The van der Waals surface area contributed by atoms with Crippen molar-refractivity contribution >= 4 is 0 Å². The van der Waals surface area contributed by atoms with Crippen LogP contribution in [0.4, 0.5) is 0 Å². The molecule has 0 aromatic carbocycles. The van der Waals surface area contributed by atoms with Gasteiger partial charge in [0.2, 0.25) is 0 Å². The fourth-order valence-electron chi connectivity index (χ4n) is 2.32. The maximum absolute atomic E-state index is 2.40. The van der Waals surface area contributed by atoms with E-state index in [2.05, 4.69) is 12.2 Å². The maximum atomic E-state index is 2.40. The zero-order valence-electron chi connectivity index (χ0n) is 8.23. The van der Waals surface area contributed by atoms with E-state index in [1.54, 1.807) is 8.90 Å². The molecule has 0 radical (unpaired) electrons. The van der Waals surface area contributed by atoms with Gasteiger partial charge in [-0.15, -0.1) is 0 Å². The molecule has 0 aromatic heterocycles. The van der Waals surface area contributed by atoms with E-state index in [-0.39, 0.29) is 24.8 Å². The third kappa shape index (κ3) is 3.50. The van der Waals surface area contributed by atoms with Gasteiger partial charge in [0.25, 0.3) is 0 Å². The van der Waals surface area contributed by atoms with Gasteiger partial charge >= 0.3 is 89.9 Å². The van der Waals surface area contributed by atoms with Crippen LogP contribution in [0, 0.1) is 5.92 Å². The van der Waals surface area contributed by atoms with E-state index in [9.17, 15) is 0 Å². The fourth-order valence-corrected chi connectivity index (χ4v) is 3.77. The molecule has 3 heteroatoms. The van der Waals surface area contributed by atoms with Gasteiger partial charge in [-0.05, 0) is 0 Å². The van der Waals surface area contributed by atoms with Crippen molar-refractivity contribution in [3.05, 3.63) is 21.1 Å². The molecule has 1 fully saturated rings. The Morgan fingerprint density at radius 1 is 1.07 bits per heavy atom. The van der Waals surface area contributed by atoms with Crippen molar-refractivity contribution in [2.45, 2.75) is 38.5 Å². The summed E-state index contributed by atoms with van der Waals surface area (Å²) in [6, 6.07) is 0. The molecule has 2 aliphatic carbocycles. The number of allylic oxidation sites excluding steroid dienone is 4. The van der Waals surface area contributed by atoms with Crippen LogP contribution in [0.15, 0.2) is 21.1 Å². The number of hydrogen-bond acceptors (Lipinski definition) is 0. The second-order valence-electron chi connectivity index (χ2n) is 3.88. The van der Waals surface area contributed by atoms with Gasteiger partial charge in [0.15, 0.2) is 0 Å². The third-order valence-corrected chi connectivity index (χ3v) is 4.78. The Bertz CT molecular complexity index is 227. The molecule has 0 atom stereocenters. The molecule has 0 aliphatic heterocycles. The average molecular weight is 397 g/mol. The van der Waals surface area contributed by atoms with Crippen molar-refractivity contribution in [1.82, 2.24) is 0 Å². The van der Waals surface area contributed by atoms with Crippen LogP contribution >= 0.6 is 0 Å². The van der Waals surface area contributed by atoms with Crippen LogP contribution in [-0.4, -0.2) is 0 Å². The summed E-state index contributed by atoms with van der Waals surface area (Å²) in [5.41, 5.74) is 1.74. The minimum atomic E-state index is 0. The molecular weight excluding hydrogens is 382 g/mol. The molecule has 0 spiro atoms. The van der Waals surface area contributed by atoms with Gasteiger partial charge in [-0.2, -0.15) is 0 Å². The van der Waals surface area contributed by atoms with Crippen molar-refractivity contribution < 1.29 is 49.2 Å². The number of rotatable bonds is 1. The molecule has 0 saturated heterocycles. The summed E-state index contributed by atoms with van der Waals surface area (Å²) in [6.07, 6.45) is 13.4. The molecular formula is C11H15Cl2Hf. The summed E-state index contributed by atoms with van der Waals surface area (Å²) in [5.74, 6) is 0.949. The first kappa shape index (κ1) is 14.9. The van der Waals surface area contributed by atoms with Crippen molar-refractivity contribution in [1.29, 1.82) is 0 Å². The third-order valence-electron chi connectivity index (χ3n) is 3.01. The molecule has 2 aliphatic rings. The topological polar surface area (TPSA) is 0 Å². The normalized spacial score (nSPS) is 21.9. The van der Waals surface area contributed by atoms with E-state index in [1.807, 2.05) is 0 Å². The summed E-state index contributed by atoms with van der Waals surface area (Å²) >= 11 is 1.29. The molecule has 0 aromatic rings. The van der Waals surface area contributed by atoms with E-state index in [0.29, 0.717) is 0 Å². The first-order valence-electron chi connectivity index (χ1n) is 4.99. The van der Waals surface area contributed by atoms with Crippen LogP contribution < -0.4 is 24.8 Å². The van der Waals surface area contributed by atoms with Gasteiger partial charge in [-0.1, -0.05) is 0 Å². The van der Waals surface area contributed by atoms with E-state index >= 15 is 0 Å². The Morgan fingerprint density at radius 2 is 1.71 bits per heavy atom. The second-order valence-corrected chi connectivity index (χ2v) is 6.04. The van der Waals surface area contributed by atoms with E-state index in [0.717, 1.165) is 5.92 Å². The standard InChI is InChI=1S/C11H15.2ClH.Hf/c1-2-6-10(7-3-1)11-8-4-5-9-11;;;/h4,8,10H,1-3,5-7H2;2*1H;/q;;;+2/p-2. The van der Waals surface area contributed by atoms with Crippen molar-refractivity contribution in [3.8, 4) is 0 Å². The van der Waals surface area contributed by atoms with Crippen LogP contribution in [0.2, 0.25) is 0 Å². The molecule has 2 rings (SSSR count). The molecule has 77 valence electrons. The zero-order valence-corrected chi connectivity index (χ0v) is 13.3. The molecule has 0 nitrogen and oxygen atoms in total. The number of halogens is 2. The molecule has 0 amide bonds. The molecule has 0 unspecified atom stereocenters. The number of hydrogen-bond donors (Lipinski definition) is 0. The molecule has 0 N–H and O–H groups in total. The van der Waals surface area contributed by atoms with Crippen LogP contribution in [-0.2, 0) is 24.4 Å². The summed E-state index contributed by atoms with van der Waals surface area (Å²) < 4.78 is 1.77. The van der Waals surface area contributed by atoms with Gasteiger partial charge in [0, 0.05) is 0 Å². The molecule has 14 heavy (non-hydrogen) atoms. The molecule has 0 bridgehead atoms. The van der Waals surface area contributed by atoms with Gasteiger partial charge in [0.1, 0.15) is 0 Å². The first-order valence-corrected chi connectivity index (χ1v) is 6.79. The van der Waals surface area contributed by atoms with Crippen LogP contribution in [0.3, 0.4) is 0 Å². The SMILES string of the molecule is [Cl-].[Cl-].[Hf+2][C]1=C(C2CCCCC2)C=CC1. The van der Waals surface area contributed by atoms with Gasteiger partial charge in [-0.25, -0.2) is 0 Å². The summed E-state index contributed by atoms with van der Waals surface area (Å²) in [6.45, 7) is 0. The quantitative estimate of drug-likeness (QED) is 0.425. The monoisotopic (exact) mass is 397 g/mol. The van der Waals surface area contributed by atoms with Crippen LogP contribution in [0.25, 0.3) is 0 Å². The van der Waals surface area contributed by atoms with Crippen LogP contribution in [0.5, 0.6) is 0 Å². The summed E-state index contributed by atoms with van der Waals surface area (Å²) in [7, 11) is 0. The van der Waals surface area contributed by atoms with E-state index in [4.69, 9.17) is 0 Å². The Morgan fingerprint density at radius 3 is 2.21 bits per heavy atom. The Labute approximate surface area is 114 Å². The molecule has 1 saturated carbocycles. The fraction of sp³-hybridized carbons (Fsp3) is 0.636. The Kier molecular flexibility index (Phi) is 7.73. The van der Waals surface area contributed by atoms with Crippen molar-refractivity contribution in [3.63, 3.8) is 0 Å². The molecule has 0 heterocycles. The summed E-state index contributed by atoms with van der Waals surface area (Å²) in [4.78, 5) is 0. The Balaban J connectivity index is 0.000000845. The Hall–Kier alpha value is 0.930. The first-order chi connectivity index (χ1) is 5.88. The zero-order chi connectivity index (χ0) is 8.39. The van der Waals surface area contributed by atoms with Crippen molar-refractivity contribution in [2.24, 2.45) is 5.92 Å². The predicted octanol–water partition coefficient (Wildman–Crippen LogP) is -2.66. The van der Waals surface area contributed by atoms with Crippen LogP contribution in [0.1, 0.15) is 38.5 Å². The van der Waals surface area contributed by atoms with E-state index in [1.165, 1.54) is 62.9 Å². The van der Waals surface area contributed by atoms with Gasteiger partial charge in [0.05, 0.1) is 0 Å².